The number of carbonyl (C=O) groups excluding carboxylic acids is 2. The standard InChI is InChI=1S/C19H28N2O3/c1-15(22)16-5-7-17(8-6-16)24-13-3-4-18(23)21-14-19(2)9-11-20-12-10-19/h5-8,20H,3-4,9-14H2,1-2H3,(H,21,23). The van der Waals surface area contributed by atoms with E-state index in [0.29, 0.717) is 25.0 Å². The summed E-state index contributed by atoms with van der Waals surface area (Å²) in [6, 6.07) is 7.08. The highest BCUT2D eigenvalue weighted by Crippen LogP contribution is 2.26. The first-order valence-corrected chi connectivity index (χ1v) is 8.70. The molecule has 1 aromatic rings. The van der Waals surface area contributed by atoms with Gasteiger partial charge in [0.1, 0.15) is 5.75 Å². The summed E-state index contributed by atoms with van der Waals surface area (Å²) < 4.78 is 5.61. The Hall–Kier alpha value is -1.88. The van der Waals surface area contributed by atoms with Gasteiger partial charge in [0, 0.05) is 18.5 Å². The lowest BCUT2D eigenvalue weighted by atomic mass is 9.81. The number of nitrogens with one attached hydrogen (secondary N) is 2. The quantitative estimate of drug-likeness (QED) is 0.567. The van der Waals surface area contributed by atoms with E-state index >= 15 is 0 Å². The molecule has 0 atom stereocenters. The number of hydrogen-bond donors (Lipinski definition) is 2. The molecular formula is C19H28N2O3. The minimum Gasteiger partial charge on any atom is -0.494 e. The Balaban J connectivity index is 1.61. The summed E-state index contributed by atoms with van der Waals surface area (Å²) in [6.07, 6.45) is 3.36. The molecule has 1 fully saturated rings. The van der Waals surface area contributed by atoms with Gasteiger partial charge in [-0.3, -0.25) is 9.59 Å². The van der Waals surface area contributed by atoms with E-state index in [-0.39, 0.29) is 17.1 Å². The van der Waals surface area contributed by atoms with Crippen molar-refractivity contribution in [2.45, 2.75) is 39.5 Å². The van der Waals surface area contributed by atoms with Crippen LogP contribution in [0.4, 0.5) is 0 Å². The van der Waals surface area contributed by atoms with Crippen molar-refractivity contribution in [1.29, 1.82) is 0 Å². The molecule has 0 aromatic heterocycles. The SMILES string of the molecule is CC(=O)c1ccc(OCCCC(=O)NCC2(C)CCNCC2)cc1. The van der Waals surface area contributed by atoms with Gasteiger partial charge in [-0.05, 0) is 69.0 Å². The van der Waals surface area contributed by atoms with Gasteiger partial charge in [-0.25, -0.2) is 0 Å². The fourth-order valence-electron chi connectivity index (χ4n) is 2.82. The number of piperidine rings is 1. The van der Waals surface area contributed by atoms with Crippen LogP contribution in [0, 0.1) is 5.41 Å². The molecule has 5 nitrogen and oxygen atoms in total. The molecule has 24 heavy (non-hydrogen) atoms. The van der Waals surface area contributed by atoms with E-state index in [1.807, 2.05) is 0 Å². The highest BCUT2D eigenvalue weighted by atomic mass is 16.5. The van der Waals surface area contributed by atoms with Gasteiger partial charge in [0.15, 0.2) is 5.78 Å². The Labute approximate surface area is 144 Å². The Morgan fingerprint density at radius 2 is 1.88 bits per heavy atom. The van der Waals surface area contributed by atoms with Crippen LogP contribution in [0.3, 0.4) is 0 Å². The normalized spacial score (nSPS) is 16.4. The van der Waals surface area contributed by atoms with Crippen LogP contribution in [0.2, 0.25) is 0 Å². The van der Waals surface area contributed by atoms with E-state index in [9.17, 15) is 9.59 Å². The van der Waals surface area contributed by atoms with Crippen LogP contribution in [-0.2, 0) is 4.79 Å². The van der Waals surface area contributed by atoms with Crippen molar-refractivity contribution in [3.05, 3.63) is 29.8 Å². The van der Waals surface area contributed by atoms with E-state index in [2.05, 4.69) is 17.6 Å². The second-order valence-electron chi connectivity index (χ2n) is 6.87. The van der Waals surface area contributed by atoms with Crippen LogP contribution < -0.4 is 15.4 Å². The van der Waals surface area contributed by atoms with Gasteiger partial charge in [0.25, 0.3) is 0 Å². The van der Waals surface area contributed by atoms with E-state index in [4.69, 9.17) is 4.74 Å². The summed E-state index contributed by atoms with van der Waals surface area (Å²) in [5.74, 6) is 0.855. The van der Waals surface area contributed by atoms with Crippen LogP contribution in [0.25, 0.3) is 0 Å². The molecular weight excluding hydrogens is 304 g/mol. The zero-order valence-electron chi connectivity index (χ0n) is 14.7. The fourth-order valence-corrected chi connectivity index (χ4v) is 2.82. The van der Waals surface area contributed by atoms with Gasteiger partial charge in [0.2, 0.25) is 5.91 Å². The predicted molar refractivity (Wildman–Crippen MR) is 94.4 cm³/mol. The van der Waals surface area contributed by atoms with Gasteiger partial charge in [0.05, 0.1) is 6.61 Å². The van der Waals surface area contributed by atoms with Crippen molar-refractivity contribution in [2.24, 2.45) is 5.41 Å². The van der Waals surface area contributed by atoms with Gasteiger partial charge in [-0.1, -0.05) is 6.92 Å². The van der Waals surface area contributed by atoms with Crippen LogP contribution in [-0.4, -0.2) is 37.9 Å². The number of hydrogen-bond acceptors (Lipinski definition) is 4. The average molecular weight is 332 g/mol. The van der Waals surface area contributed by atoms with Crippen LogP contribution in [0.5, 0.6) is 5.75 Å². The zero-order chi connectivity index (χ0) is 17.4. The Morgan fingerprint density at radius 3 is 2.50 bits per heavy atom. The highest BCUT2D eigenvalue weighted by molar-refractivity contribution is 5.94. The van der Waals surface area contributed by atoms with Crippen molar-refractivity contribution < 1.29 is 14.3 Å². The molecule has 2 rings (SSSR count). The first-order chi connectivity index (χ1) is 11.5. The van der Waals surface area contributed by atoms with Gasteiger partial charge in [-0.15, -0.1) is 0 Å². The smallest absolute Gasteiger partial charge is 0.220 e. The summed E-state index contributed by atoms with van der Waals surface area (Å²) in [6.45, 7) is 7.08. The van der Waals surface area contributed by atoms with Crippen LogP contribution in [0.15, 0.2) is 24.3 Å². The minimum absolute atomic E-state index is 0.0423. The molecule has 0 spiro atoms. The summed E-state index contributed by atoms with van der Waals surface area (Å²) >= 11 is 0. The molecule has 1 heterocycles. The molecule has 0 saturated carbocycles. The Morgan fingerprint density at radius 1 is 1.21 bits per heavy atom. The van der Waals surface area contributed by atoms with Crippen molar-refractivity contribution >= 4 is 11.7 Å². The van der Waals surface area contributed by atoms with E-state index < -0.39 is 0 Å². The number of Topliss-reactive ketones (excluding diaryl/α,β-unsaturated/α-hetero) is 1. The summed E-state index contributed by atoms with van der Waals surface area (Å²) in [7, 11) is 0. The first-order valence-electron chi connectivity index (χ1n) is 8.70. The maximum Gasteiger partial charge on any atom is 0.220 e. The number of amides is 1. The van der Waals surface area contributed by atoms with Crippen molar-refractivity contribution in [1.82, 2.24) is 10.6 Å². The van der Waals surface area contributed by atoms with Gasteiger partial charge >= 0.3 is 0 Å². The van der Waals surface area contributed by atoms with Gasteiger partial charge < -0.3 is 15.4 Å². The second kappa shape index (κ2) is 8.83. The molecule has 132 valence electrons. The molecule has 0 unspecified atom stereocenters. The number of carbonyl (C=O) groups is 2. The topological polar surface area (TPSA) is 67.4 Å². The molecule has 1 saturated heterocycles. The van der Waals surface area contributed by atoms with E-state index in [1.54, 1.807) is 31.2 Å². The number of rotatable bonds is 8. The lowest BCUT2D eigenvalue weighted by Gasteiger charge is -2.34. The van der Waals surface area contributed by atoms with Crippen LogP contribution >= 0.6 is 0 Å². The van der Waals surface area contributed by atoms with Crippen molar-refractivity contribution in [3.63, 3.8) is 0 Å². The summed E-state index contributed by atoms with van der Waals surface area (Å²) in [5, 5.41) is 6.40. The monoisotopic (exact) mass is 332 g/mol. The molecule has 5 heteroatoms. The molecule has 0 bridgehead atoms. The lowest BCUT2D eigenvalue weighted by molar-refractivity contribution is -0.121. The van der Waals surface area contributed by atoms with Crippen molar-refractivity contribution in [3.8, 4) is 5.75 Å². The molecule has 1 aliphatic heterocycles. The Bertz CT molecular complexity index is 548. The third kappa shape index (κ3) is 5.96. The number of benzene rings is 1. The third-order valence-corrected chi connectivity index (χ3v) is 4.60. The number of ether oxygens (including phenoxy) is 1. The predicted octanol–water partition coefficient (Wildman–Crippen LogP) is 2.55. The maximum absolute atomic E-state index is 11.9. The molecule has 0 aliphatic carbocycles. The highest BCUT2D eigenvalue weighted by Gasteiger charge is 2.26. The summed E-state index contributed by atoms with van der Waals surface area (Å²) in [5.41, 5.74) is 0.892. The molecule has 2 N–H and O–H groups in total. The molecule has 1 aromatic carbocycles. The molecule has 0 radical (unpaired) electrons. The molecule has 1 amide bonds. The average Bonchev–Trinajstić information content (AvgIpc) is 2.58. The first kappa shape index (κ1) is 18.5. The maximum atomic E-state index is 11.9. The van der Waals surface area contributed by atoms with E-state index in [1.165, 1.54) is 0 Å². The third-order valence-electron chi connectivity index (χ3n) is 4.60. The Kier molecular flexibility index (Phi) is 6.79. The summed E-state index contributed by atoms with van der Waals surface area (Å²) in [4.78, 5) is 23.1. The molecule has 1 aliphatic rings. The van der Waals surface area contributed by atoms with E-state index in [0.717, 1.165) is 38.2 Å². The van der Waals surface area contributed by atoms with Crippen LogP contribution in [0.1, 0.15) is 49.9 Å². The largest absolute Gasteiger partial charge is 0.494 e. The van der Waals surface area contributed by atoms with Crippen molar-refractivity contribution in [2.75, 3.05) is 26.2 Å². The second-order valence-corrected chi connectivity index (χ2v) is 6.87. The fraction of sp³-hybridized carbons (Fsp3) is 0.579. The minimum atomic E-state index is 0.0423. The van der Waals surface area contributed by atoms with Gasteiger partial charge in [-0.2, -0.15) is 0 Å². The lowest BCUT2D eigenvalue weighted by Crippen LogP contribution is -2.42. The zero-order valence-corrected chi connectivity index (χ0v) is 14.7. The number of ketones is 1.